The van der Waals surface area contributed by atoms with Crippen molar-refractivity contribution in [2.45, 2.75) is 19.4 Å². The van der Waals surface area contributed by atoms with E-state index in [9.17, 15) is 0 Å². The zero-order valence-electron chi connectivity index (χ0n) is 7.01. The number of hydrogen-bond acceptors (Lipinski definition) is 1. The molecule has 1 aliphatic rings. The first-order chi connectivity index (χ1) is 5.77. The van der Waals surface area contributed by atoms with Crippen LogP contribution in [-0.4, -0.2) is 6.61 Å². The molecule has 0 saturated heterocycles. The first-order valence-electron chi connectivity index (χ1n) is 4.17. The van der Waals surface area contributed by atoms with Crippen LogP contribution in [0.2, 0.25) is 0 Å². The van der Waals surface area contributed by atoms with Crippen molar-refractivity contribution in [3.63, 3.8) is 0 Å². The summed E-state index contributed by atoms with van der Waals surface area (Å²) < 4.78 is 6.86. The molecule has 1 atom stereocenters. The van der Waals surface area contributed by atoms with E-state index in [0.29, 0.717) is 0 Å². The molecule has 2 rings (SSSR count). The molecule has 0 aromatic heterocycles. The molecule has 1 heterocycles. The molecule has 1 aromatic rings. The van der Waals surface area contributed by atoms with Gasteiger partial charge in [0.25, 0.3) is 0 Å². The second kappa shape index (κ2) is 3.34. The molecule has 0 aliphatic carbocycles. The third-order valence-electron chi connectivity index (χ3n) is 2.28. The maximum absolute atomic E-state index is 5.54. The van der Waals surface area contributed by atoms with Crippen LogP contribution < -0.4 is 0 Å². The van der Waals surface area contributed by atoms with E-state index in [4.69, 9.17) is 4.74 Å². The molecule has 0 unspecified atom stereocenters. The van der Waals surface area contributed by atoms with Gasteiger partial charge in [0, 0.05) is 3.57 Å². The standard InChI is InChI=1S/C10H11IO/c1-7-10-3-2-9(11)6-8(10)4-5-12-7/h2-3,6-7H,4-5H2,1H3/t7-/m1/s1. The summed E-state index contributed by atoms with van der Waals surface area (Å²) in [7, 11) is 0. The van der Waals surface area contributed by atoms with E-state index in [2.05, 4.69) is 47.7 Å². The topological polar surface area (TPSA) is 9.23 Å². The Kier molecular flexibility index (Phi) is 2.37. The van der Waals surface area contributed by atoms with Crippen LogP contribution in [0.4, 0.5) is 0 Å². The Morgan fingerprint density at radius 2 is 2.33 bits per heavy atom. The van der Waals surface area contributed by atoms with Crippen molar-refractivity contribution in [1.82, 2.24) is 0 Å². The minimum atomic E-state index is 0.283. The first-order valence-corrected chi connectivity index (χ1v) is 5.25. The average molecular weight is 274 g/mol. The van der Waals surface area contributed by atoms with Gasteiger partial charge in [-0.25, -0.2) is 0 Å². The maximum Gasteiger partial charge on any atom is 0.0799 e. The molecule has 0 fully saturated rings. The lowest BCUT2D eigenvalue weighted by molar-refractivity contribution is 0.0555. The predicted octanol–water partition coefficient (Wildman–Crippen LogP) is 2.92. The SMILES string of the molecule is C[C@H]1OCCc2cc(I)ccc21. The van der Waals surface area contributed by atoms with Crippen molar-refractivity contribution in [3.05, 3.63) is 32.9 Å². The molecular formula is C10H11IO. The summed E-state index contributed by atoms with van der Waals surface area (Å²) in [6, 6.07) is 6.58. The summed E-state index contributed by atoms with van der Waals surface area (Å²) in [4.78, 5) is 0. The van der Waals surface area contributed by atoms with Crippen LogP contribution in [0.25, 0.3) is 0 Å². The third kappa shape index (κ3) is 1.50. The van der Waals surface area contributed by atoms with Crippen molar-refractivity contribution in [2.24, 2.45) is 0 Å². The lowest BCUT2D eigenvalue weighted by Gasteiger charge is -2.22. The Hall–Kier alpha value is -0.0900. The van der Waals surface area contributed by atoms with Gasteiger partial charge in [-0.3, -0.25) is 0 Å². The van der Waals surface area contributed by atoms with E-state index < -0.39 is 0 Å². The third-order valence-corrected chi connectivity index (χ3v) is 2.95. The van der Waals surface area contributed by atoms with E-state index >= 15 is 0 Å². The van der Waals surface area contributed by atoms with Gasteiger partial charge in [0.1, 0.15) is 0 Å². The molecule has 12 heavy (non-hydrogen) atoms. The molecule has 1 nitrogen and oxygen atoms in total. The molecule has 0 radical (unpaired) electrons. The fourth-order valence-corrected chi connectivity index (χ4v) is 2.18. The quantitative estimate of drug-likeness (QED) is 0.661. The van der Waals surface area contributed by atoms with E-state index in [0.717, 1.165) is 13.0 Å². The summed E-state index contributed by atoms with van der Waals surface area (Å²) in [6.45, 7) is 2.99. The monoisotopic (exact) mass is 274 g/mol. The highest BCUT2D eigenvalue weighted by molar-refractivity contribution is 14.1. The second-order valence-corrected chi connectivity index (χ2v) is 4.35. The Balaban J connectivity index is 2.46. The summed E-state index contributed by atoms with van der Waals surface area (Å²) >= 11 is 2.35. The highest BCUT2D eigenvalue weighted by atomic mass is 127. The van der Waals surface area contributed by atoms with Crippen LogP contribution in [-0.2, 0) is 11.2 Å². The van der Waals surface area contributed by atoms with Crippen molar-refractivity contribution < 1.29 is 4.74 Å². The van der Waals surface area contributed by atoms with E-state index in [1.165, 1.54) is 14.7 Å². The number of hydrogen-bond donors (Lipinski definition) is 0. The fourth-order valence-electron chi connectivity index (χ4n) is 1.62. The molecule has 2 heteroatoms. The molecule has 1 aliphatic heterocycles. The van der Waals surface area contributed by atoms with E-state index in [-0.39, 0.29) is 6.10 Å². The van der Waals surface area contributed by atoms with Gasteiger partial charge in [-0.2, -0.15) is 0 Å². The number of rotatable bonds is 0. The first kappa shape index (κ1) is 8.51. The van der Waals surface area contributed by atoms with Gasteiger partial charge < -0.3 is 4.74 Å². The molecule has 1 aromatic carbocycles. The van der Waals surface area contributed by atoms with Gasteiger partial charge in [0.15, 0.2) is 0 Å². The summed E-state index contributed by atoms with van der Waals surface area (Å²) in [5.74, 6) is 0. The fraction of sp³-hybridized carbons (Fsp3) is 0.400. The van der Waals surface area contributed by atoms with Crippen LogP contribution in [0.15, 0.2) is 18.2 Å². The Morgan fingerprint density at radius 1 is 1.50 bits per heavy atom. The minimum Gasteiger partial charge on any atom is -0.373 e. The molecular weight excluding hydrogens is 263 g/mol. The average Bonchev–Trinajstić information content (AvgIpc) is 2.04. The van der Waals surface area contributed by atoms with Gasteiger partial charge in [-0.1, -0.05) is 6.07 Å². The minimum absolute atomic E-state index is 0.283. The van der Waals surface area contributed by atoms with E-state index in [1.54, 1.807) is 0 Å². The number of halogens is 1. The molecule has 0 saturated carbocycles. The maximum atomic E-state index is 5.54. The normalized spacial score (nSPS) is 22.0. The zero-order valence-corrected chi connectivity index (χ0v) is 9.17. The number of fused-ring (bicyclic) bond motifs is 1. The van der Waals surface area contributed by atoms with Crippen LogP contribution in [0.5, 0.6) is 0 Å². The Bertz CT molecular complexity index is 296. The predicted molar refractivity (Wildman–Crippen MR) is 57.2 cm³/mol. The van der Waals surface area contributed by atoms with Crippen LogP contribution >= 0.6 is 22.6 Å². The van der Waals surface area contributed by atoms with Crippen molar-refractivity contribution in [3.8, 4) is 0 Å². The van der Waals surface area contributed by atoms with Crippen LogP contribution in [0.3, 0.4) is 0 Å². The molecule has 0 bridgehead atoms. The smallest absolute Gasteiger partial charge is 0.0799 e. The lowest BCUT2D eigenvalue weighted by atomic mass is 9.99. The van der Waals surface area contributed by atoms with Gasteiger partial charge in [-0.05, 0) is 59.2 Å². The van der Waals surface area contributed by atoms with Gasteiger partial charge in [0.05, 0.1) is 12.7 Å². The Morgan fingerprint density at radius 3 is 3.17 bits per heavy atom. The van der Waals surface area contributed by atoms with Crippen LogP contribution in [0, 0.1) is 3.57 Å². The highest BCUT2D eigenvalue weighted by Crippen LogP contribution is 2.27. The molecule has 64 valence electrons. The summed E-state index contributed by atoms with van der Waals surface area (Å²) in [5.41, 5.74) is 2.82. The van der Waals surface area contributed by atoms with Gasteiger partial charge in [0.2, 0.25) is 0 Å². The number of benzene rings is 1. The largest absolute Gasteiger partial charge is 0.373 e. The summed E-state index contributed by atoms with van der Waals surface area (Å²) in [6.07, 6.45) is 1.35. The van der Waals surface area contributed by atoms with E-state index in [1.807, 2.05) is 0 Å². The zero-order chi connectivity index (χ0) is 8.55. The molecule has 0 spiro atoms. The van der Waals surface area contributed by atoms with Crippen molar-refractivity contribution in [2.75, 3.05) is 6.61 Å². The number of ether oxygens (including phenoxy) is 1. The Labute approximate surface area is 86.3 Å². The lowest BCUT2D eigenvalue weighted by Crippen LogP contribution is -2.13. The van der Waals surface area contributed by atoms with Gasteiger partial charge >= 0.3 is 0 Å². The van der Waals surface area contributed by atoms with Gasteiger partial charge in [-0.15, -0.1) is 0 Å². The highest BCUT2D eigenvalue weighted by Gasteiger charge is 2.15. The van der Waals surface area contributed by atoms with Crippen LogP contribution in [0.1, 0.15) is 24.2 Å². The summed E-state index contributed by atoms with van der Waals surface area (Å²) in [5, 5.41) is 0. The molecule has 0 amide bonds. The van der Waals surface area contributed by atoms with Crippen molar-refractivity contribution >= 4 is 22.6 Å². The van der Waals surface area contributed by atoms with Crippen molar-refractivity contribution in [1.29, 1.82) is 0 Å². The molecule has 0 N–H and O–H groups in total. The second-order valence-electron chi connectivity index (χ2n) is 3.11.